The monoisotopic (exact) mass is 370 g/mol. The van der Waals surface area contributed by atoms with Gasteiger partial charge < -0.3 is 0 Å². The molecule has 6 heteroatoms. The number of rotatable bonds is 2. The summed E-state index contributed by atoms with van der Waals surface area (Å²) in [6, 6.07) is 14.0. The number of halogens is 3. The van der Waals surface area contributed by atoms with Gasteiger partial charge in [-0.05, 0) is 12.1 Å². The molecule has 0 aromatic heterocycles. The summed E-state index contributed by atoms with van der Waals surface area (Å²) in [7, 11) is 0. The Morgan fingerprint density at radius 3 is 1.69 bits per heavy atom. The van der Waals surface area contributed by atoms with Crippen LogP contribution in [-0.2, 0) is 0 Å². The summed E-state index contributed by atoms with van der Waals surface area (Å²) in [4.78, 5) is 25.0. The molecule has 0 unspecified atom stereocenters. The Morgan fingerprint density at radius 1 is 0.615 bits per heavy atom. The molecule has 0 bridgehead atoms. The first-order valence-corrected chi connectivity index (χ1v) is 8.44. The zero-order chi connectivity index (χ0) is 18.4. The van der Waals surface area contributed by atoms with Gasteiger partial charge in [0.1, 0.15) is 0 Å². The van der Waals surface area contributed by atoms with Gasteiger partial charge in [-0.25, -0.2) is 13.2 Å². The Hall–Kier alpha value is -2.86. The first-order chi connectivity index (χ1) is 12.5. The molecule has 3 aromatic rings. The largest absolute Gasteiger partial charge is 0.288 e. The van der Waals surface area contributed by atoms with Crippen molar-refractivity contribution < 1.29 is 22.8 Å². The third kappa shape index (κ3) is 2.37. The second-order valence-electron chi connectivity index (χ2n) is 5.64. The van der Waals surface area contributed by atoms with Gasteiger partial charge in [0, 0.05) is 16.0 Å². The van der Waals surface area contributed by atoms with Crippen molar-refractivity contribution in [3.05, 3.63) is 94.3 Å². The molecular weight excluding hydrogens is 361 g/mol. The van der Waals surface area contributed by atoms with Crippen molar-refractivity contribution in [2.75, 3.05) is 0 Å². The summed E-state index contributed by atoms with van der Waals surface area (Å²) in [5, 5.41) is 0. The minimum atomic E-state index is -1.51. The fraction of sp³-hybridized carbons (Fsp3) is 0. The maximum absolute atomic E-state index is 15.0. The molecule has 2 nitrogen and oxygen atoms in total. The third-order valence-electron chi connectivity index (χ3n) is 4.11. The van der Waals surface area contributed by atoms with Crippen LogP contribution < -0.4 is 0 Å². The Bertz CT molecular complexity index is 1080. The van der Waals surface area contributed by atoms with Gasteiger partial charge in [-0.15, -0.1) is 0 Å². The van der Waals surface area contributed by atoms with Crippen LogP contribution in [0.5, 0.6) is 0 Å². The molecule has 0 heterocycles. The molecule has 0 N–H and O–H groups in total. The Balaban J connectivity index is 1.96. The van der Waals surface area contributed by atoms with Crippen LogP contribution in [-0.4, -0.2) is 11.6 Å². The summed E-state index contributed by atoms with van der Waals surface area (Å²) in [5.74, 6) is -5.94. The summed E-state index contributed by atoms with van der Waals surface area (Å²) >= 11 is 0.659. The van der Waals surface area contributed by atoms with E-state index in [1.807, 2.05) is 0 Å². The molecule has 0 fully saturated rings. The highest BCUT2D eigenvalue weighted by Gasteiger charge is 2.38. The van der Waals surface area contributed by atoms with Crippen molar-refractivity contribution in [1.29, 1.82) is 0 Å². The summed E-state index contributed by atoms with van der Waals surface area (Å²) in [6.45, 7) is 0. The fourth-order valence-corrected chi connectivity index (χ4v) is 3.81. The van der Waals surface area contributed by atoms with Crippen LogP contribution in [0.3, 0.4) is 0 Å². The Morgan fingerprint density at radius 2 is 1.12 bits per heavy atom. The van der Waals surface area contributed by atoms with Crippen LogP contribution in [0.4, 0.5) is 13.2 Å². The van der Waals surface area contributed by atoms with E-state index >= 15 is 0 Å². The molecule has 0 radical (unpaired) electrons. The first-order valence-electron chi connectivity index (χ1n) is 7.62. The van der Waals surface area contributed by atoms with Crippen LogP contribution in [0.25, 0.3) is 0 Å². The SMILES string of the molecule is O=C1c2ccccc2C(=O)c2c(F)c(Sc3ccccc3)c(F)c(F)c21. The first kappa shape index (κ1) is 16.6. The van der Waals surface area contributed by atoms with Gasteiger partial charge in [-0.2, -0.15) is 0 Å². The second kappa shape index (κ2) is 6.14. The average molecular weight is 370 g/mol. The van der Waals surface area contributed by atoms with Crippen LogP contribution in [0.2, 0.25) is 0 Å². The zero-order valence-corrected chi connectivity index (χ0v) is 13.9. The lowest BCUT2D eigenvalue weighted by Gasteiger charge is -2.20. The molecule has 128 valence electrons. The van der Waals surface area contributed by atoms with Gasteiger partial charge in [-0.1, -0.05) is 54.2 Å². The van der Waals surface area contributed by atoms with E-state index in [2.05, 4.69) is 0 Å². The Kier molecular flexibility index (Phi) is 3.92. The summed E-state index contributed by atoms with van der Waals surface area (Å²) in [5.41, 5.74) is -1.65. The van der Waals surface area contributed by atoms with Crippen molar-refractivity contribution in [2.45, 2.75) is 9.79 Å². The van der Waals surface area contributed by atoms with E-state index in [0.29, 0.717) is 16.7 Å². The van der Waals surface area contributed by atoms with E-state index in [-0.39, 0.29) is 11.1 Å². The van der Waals surface area contributed by atoms with E-state index in [1.165, 1.54) is 24.3 Å². The predicted octanol–water partition coefficient (Wildman–Crippen LogP) is 5.03. The van der Waals surface area contributed by atoms with Crippen molar-refractivity contribution in [3.8, 4) is 0 Å². The standard InChI is InChI=1S/C20H9F3O2S/c21-15-13-14(19(25)12-9-5-4-8-11(12)18(13)24)16(22)20(17(15)23)26-10-6-2-1-3-7-10/h1-9H. The highest BCUT2D eigenvalue weighted by Crippen LogP contribution is 2.39. The number of hydrogen-bond donors (Lipinski definition) is 0. The lowest BCUT2D eigenvalue weighted by Crippen LogP contribution is -2.25. The highest BCUT2D eigenvalue weighted by molar-refractivity contribution is 7.99. The molecule has 0 saturated heterocycles. The number of benzene rings is 3. The minimum absolute atomic E-state index is 0.0226. The molecule has 0 saturated carbocycles. The normalized spacial score (nSPS) is 12.7. The van der Waals surface area contributed by atoms with E-state index in [9.17, 15) is 22.8 Å². The number of carbonyl (C=O) groups is 2. The minimum Gasteiger partial charge on any atom is -0.288 e. The second-order valence-corrected chi connectivity index (χ2v) is 6.72. The topological polar surface area (TPSA) is 34.1 Å². The number of hydrogen-bond acceptors (Lipinski definition) is 3. The summed E-state index contributed by atoms with van der Waals surface area (Å²) < 4.78 is 44.1. The van der Waals surface area contributed by atoms with Gasteiger partial charge in [0.05, 0.1) is 16.0 Å². The summed E-state index contributed by atoms with van der Waals surface area (Å²) in [6.07, 6.45) is 0. The van der Waals surface area contributed by atoms with Gasteiger partial charge >= 0.3 is 0 Å². The van der Waals surface area contributed by atoms with E-state index in [4.69, 9.17) is 0 Å². The van der Waals surface area contributed by atoms with Crippen LogP contribution in [0, 0.1) is 17.5 Å². The van der Waals surface area contributed by atoms with E-state index in [0.717, 1.165) is 0 Å². The maximum Gasteiger partial charge on any atom is 0.197 e. The molecule has 3 aromatic carbocycles. The van der Waals surface area contributed by atoms with Gasteiger partial charge in [0.25, 0.3) is 0 Å². The van der Waals surface area contributed by atoms with E-state index < -0.39 is 45.0 Å². The molecule has 4 rings (SSSR count). The van der Waals surface area contributed by atoms with Crippen molar-refractivity contribution in [1.82, 2.24) is 0 Å². The highest BCUT2D eigenvalue weighted by atomic mass is 32.2. The number of fused-ring (bicyclic) bond motifs is 2. The zero-order valence-electron chi connectivity index (χ0n) is 13.1. The lowest BCUT2D eigenvalue weighted by atomic mass is 9.83. The lowest BCUT2D eigenvalue weighted by molar-refractivity contribution is 0.0970. The van der Waals surface area contributed by atoms with Crippen molar-refractivity contribution in [3.63, 3.8) is 0 Å². The molecule has 0 atom stereocenters. The van der Waals surface area contributed by atoms with Crippen LogP contribution in [0.15, 0.2) is 64.4 Å². The van der Waals surface area contributed by atoms with Crippen molar-refractivity contribution >= 4 is 23.3 Å². The smallest absolute Gasteiger partial charge is 0.197 e. The quantitative estimate of drug-likeness (QED) is 0.464. The fourth-order valence-electron chi connectivity index (χ4n) is 2.91. The van der Waals surface area contributed by atoms with Gasteiger partial charge in [0.15, 0.2) is 29.0 Å². The predicted molar refractivity (Wildman–Crippen MR) is 90.2 cm³/mol. The third-order valence-corrected chi connectivity index (χ3v) is 5.18. The molecule has 0 aliphatic heterocycles. The molecule has 0 spiro atoms. The molecule has 1 aliphatic rings. The van der Waals surface area contributed by atoms with E-state index in [1.54, 1.807) is 30.3 Å². The van der Waals surface area contributed by atoms with Crippen molar-refractivity contribution in [2.24, 2.45) is 0 Å². The molecule has 1 aliphatic carbocycles. The van der Waals surface area contributed by atoms with Gasteiger partial charge in [-0.3, -0.25) is 9.59 Å². The van der Waals surface area contributed by atoms with Crippen LogP contribution in [0.1, 0.15) is 31.8 Å². The number of ketones is 2. The molecule has 0 amide bonds. The average Bonchev–Trinajstić information content (AvgIpc) is 2.67. The number of carbonyl (C=O) groups excluding carboxylic acids is 2. The van der Waals surface area contributed by atoms with Crippen LogP contribution >= 0.6 is 11.8 Å². The molecular formula is C20H9F3O2S. The maximum atomic E-state index is 15.0. The molecule has 26 heavy (non-hydrogen) atoms. The van der Waals surface area contributed by atoms with Gasteiger partial charge in [0.2, 0.25) is 0 Å². The Labute approximate surface area is 150 Å².